The number of anilines is 1. The molecular weight excluding hydrogens is 376 g/mol. The van der Waals surface area contributed by atoms with E-state index in [2.05, 4.69) is 4.98 Å². The summed E-state index contributed by atoms with van der Waals surface area (Å²) in [6, 6.07) is 18.7. The van der Waals surface area contributed by atoms with E-state index in [0.29, 0.717) is 32.9 Å². The molecule has 0 radical (unpaired) electrons. The zero-order chi connectivity index (χ0) is 19.3. The van der Waals surface area contributed by atoms with Gasteiger partial charge in [0.05, 0.1) is 17.0 Å². The van der Waals surface area contributed by atoms with Crippen LogP contribution >= 0.6 is 11.6 Å². The number of pyridine rings is 1. The molecule has 5 nitrogen and oxygen atoms in total. The van der Waals surface area contributed by atoms with Crippen molar-refractivity contribution in [3.63, 3.8) is 0 Å². The molecule has 0 spiro atoms. The summed E-state index contributed by atoms with van der Waals surface area (Å²) in [4.78, 5) is 32.4. The van der Waals surface area contributed by atoms with Crippen LogP contribution in [0.2, 0.25) is 5.02 Å². The van der Waals surface area contributed by atoms with Gasteiger partial charge >= 0.3 is 0 Å². The first-order chi connectivity index (χ1) is 13.6. The first-order valence-corrected chi connectivity index (χ1v) is 9.09. The minimum atomic E-state index is -0.669. The van der Waals surface area contributed by atoms with Crippen molar-refractivity contribution in [2.75, 3.05) is 4.90 Å². The predicted octanol–water partition coefficient (Wildman–Crippen LogP) is 4.59. The highest BCUT2D eigenvalue weighted by Gasteiger charge is 2.44. The Morgan fingerprint density at radius 2 is 1.79 bits per heavy atom. The van der Waals surface area contributed by atoms with E-state index in [4.69, 9.17) is 16.0 Å². The van der Waals surface area contributed by atoms with Gasteiger partial charge in [-0.25, -0.2) is 4.98 Å². The van der Waals surface area contributed by atoms with Crippen molar-refractivity contribution in [3.8, 4) is 0 Å². The number of fused-ring (bicyclic) bond motifs is 2. The van der Waals surface area contributed by atoms with E-state index in [1.165, 1.54) is 4.90 Å². The molecule has 28 heavy (non-hydrogen) atoms. The number of carbonyl (C=O) groups excluding carboxylic acids is 1. The third-order valence-electron chi connectivity index (χ3n) is 4.84. The van der Waals surface area contributed by atoms with Gasteiger partial charge < -0.3 is 4.42 Å². The number of hydrogen-bond donors (Lipinski definition) is 0. The van der Waals surface area contributed by atoms with Gasteiger partial charge in [-0.15, -0.1) is 0 Å². The number of hydrogen-bond acceptors (Lipinski definition) is 4. The van der Waals surface area contributed by atoms with Gasteiger partial charge in [0.2, 0.25) is 5.76 Å². The highest BCUT2D eigenvalue weighted by atomic mass is 35.5. The Bertz CT molecular complexity index is 1280. The minimum Gasteiger partial charge on any atom is -0.450 e. The highest BCUT2D eigenvalue weighted by molar-refractivity contribution is 6.30. The molecule has 2 aromatic carbocycles. The van der Waals surface area contributed by atoms with Gasteiger partial charge in [0.25, 0.3) is 5.91 Å². The average Bonchev–Trinajstić information content (AvgIpc) is 3.02. The second kappa shape index (κ2) is 6.32. The molecule has 1 amide bonds. The first-order valence-electron chi connectivity index (χ1n) is 8.71. The van der Waals surface area contributed by atoms with E-state index in [9.17, 15) is 9.59 Å². The van der Waals surface area contributed by atoms with Crippen LogP contribution in [0.3, 0.4) is 0 Å². The van der Waals surface area contributed by atoms with E-state index in [-0.39, 0.29) is 11.2 Å². The Labute approximate surface area is 164 Å². The van der Waals surface area contributed by atoms with Crippen LogP contribution < -0.4 is 10.3 Å². The Kier molecular flexibility index (Phi) is 3.77. The number of rotatable bonds is 2. The maximum atomic E-state index is 13.3. The second-order valence-corrected chi connectivity index (χ2v) is 6.93. The largest absolute Gasteiger partial charge is 0.450 e. The van der Waals surface area contributed by atoms with Gasteiger partial charge in [-0.05, 0) is 42.0 Å². The molecule has 0 bridgehead atoms. The van der Waals surface area contributed by atoms with Crippen LogP contribution in [-0.4, -0.2) is 10.9 Å². The lowest BCUT2D eigenvalue weighted by atomic mass is 9.98. The monoisotopic (exact) mass is 388 g/mol. The summed E-state index contributed by atoms with van der Waals surface area (Å²) in [6.07, 6.45) is 1.60. The fourth-order valence-corrected chi connectivity index (χ4v) is 3.84. The van der Waals surface area contributed by atoms with E-state index >= 15 is 0 Å². The van der Waals surface area contributed by atoms with Crippen LogP contribution in [0.5, 0.6) is 0 Å². The molecule has 0 fully saturated rings. The molecule has 0 saturated heterocycles. The van der Waals surface area contributed by atoms with Crippen molar-refractivity contribution in [2.45, 2.75) is 6.04 Å². The number of para-hydroxylation sites is 1. The minimum absolute atomic E-state index is 0.0410. The Hall–Kier alpha value is -3.44. The lowest BCUT2D eigenvalue weighted by Crippen LogP contribution is -2.30. The van der Waals surface area contributed by atoms with Crippen LogP contribution in [-0.2, 0) is 0 Å². The van der Waals surface area contributed by atoms with Gasteiger partial charge in [-0.3, -0.25) is 14.5 Å². The van der Waals surface area contributed by atoms with Gasteiger partial charge in [0, 0.05) is 11.2 Å². The van der Waals surface area contributed by atoms with Gasteiger partial charge in [-0.1, -0.05) is 41.9 Å². The first kappa shape index (κ1) is 16.7. The molecule has 3 heterocycles. The second-order valence-electron chi connectivity index (χ2n) is 6.49. The SMILES string of the molecule is O=C1c2oc3ccccc3c(=O)c2[C@H](c2cccc(Cl)c2)N1c1ccccn1. The topological polar surface area (TPSA) is 63.4 Å². The summed E-state index contributed by atoms with van der Waals surface area (Å²) in [5.74, 6) is 0.0770. The Balaban J connectivity index is 1.84. The molecule has 0 N–H and O–H groups in total. The van der Waals surface area contributed by atoms with Crippen LogP contribution in [0.25, 0.3) is 11.0 Å². The molecule has 136 valence electrons. The molecular formula is C22H13ClN2O3. The molecule has 1 aliphatic heterocycles. The van der Waals surface area contributed by atoms with Crippen molar-refractivity contribution in [3.05, 3.63) is 105 Å². The maximum Gasteiger partial charge on any atom is 0.296 e. The van der Waals surface area contributed by atoms with Crippen molar-refractivity contribution in [1.82, 2.24) is 4.98 Å². The molecule has 6 heteroatoms. The van der Waals surface area contributed by atoms with Crippen molar-refractivity contribution < 1.29 is 9.21 Å². The molecule has 5 rings (SSSR count). The highest BCUT2D eigenvalue weighted by Crippen LogP contribution is 2.40. The lowest BCUT2D eigenvalue weighted by molar-refractivity contribution is 0.0970. The zero-order valence-corrected chi connectivity index (χ0v) is 15.3. The van der Waals surface area contributed by atoms with Crippen LogP contribution in [0.1, 0.15) is 27.7 Å². The fraction of sp³-hybridized carbons (Fsp3) is 0.0455. The maximum absolute atomic E-state index is 13.3. The average molecular weight is 389 g/mol. The number of aromatic nitrogens is 1. The fourth-order valence-electron chi connectivity index (χ4n) is 3.64. The summed E-state index contributed by atoms with van der Waals surface area (Å²) in [5, 5.41) is 0.952. The van der Waals surface area contributed by atoms with E-state index < -0.39 is 11.9 Å². The normalized spacial score (nSPS) is 15.8. The van der Waals surface area contributed by atoms with Crippen LogP contribution in [0.4, 0.5) is 5.82 Å². The molecule has 2 aromatic heterocycles. The van der Waals surface area contributed by atoms with Crippen molar-refractivity contribution in [2.24, 2.45) is 0 Å². The smallest absolute Gasteiger partial charge is 0.296 e. The number of nitrogens with zero attached hydrogens (tertiary/aromatic N) is 2. The number of amides is 1. The summed E-state index contributed by atoms with van der Waals surface area (Å²) >= 11 is 6.19. The van der Waals surface area contributed by atoms with Gasteiger partial charge in [-0.2, -0.15) is 0 Å². The van der Waals surface area contributed by atoms with Crippen LogP contribution in [0.15, 0.2) is 82.1 Å². The molecule has 4 aromatic rings. The van der Waals surface area contributed by atoms with E-state index in [1.807, 2.05) is 6.07 Å². The molecule has 1 aliphatic rings. The third-order valence-corrected chi connectivity index (χ3v) is 5.07. The lowest BCUT2D eigenvalue weighted by Gasteiger charge is -2.24. The Morgan fingerprint density at radius 1 is 0.964 bits per heavy atom. The third kappa shape index (κ3) is 2.44. The van der Waals surface area contributed by atoms with Crippen molar-refractivity contribution >= 4 is 34.3 Å². The zero-order valence-electron chi connectivity index (χ0n) is 14.5. The molecule has 0 saturated carbocycles. The predicted molar refractivity (Wildman–Crippen MR) is 107 cm³/mol. The standard InChI is InChI=1S/C22H13ClN2O3/c23-14-7-5-6-13(12-14)19-18-20(26)15-8-1-2-9-16(15)28-21(18)22(27)25(19)17-10-3-4-11-24-17/h1-12,19H/t19-/m0/s1. The van der Waals surface area contributed by atoms with E-state index in [1.54, 1.807) is 66.9 Å². The van der Waals surface area contributed by atoms with Gasteiger partial charge in [0.15, 0.2) is 5.43 Å². The number of benzene rings is 2. The summed E-state index contributed by atoms with van der Waals surface area (Å²) < 4.78 is 5.88. The summed E-state index contributed by atoms with van der Waals surface area (Å²) in [7, 11) is 0. The quantitative estimate of drug-likeness (QED) is 0.503. The van der Waals surface area contributed by atoms with Crippen molar-refractivity contribution in [1.29, 1.82) is 0 Å². The summed E-state index contributed by atoms with van der Waals surface area (Å²) in [6.45, 7) is 0. The van der Waals surface area contributed by atoms with Gasteiger partial charge in [0.1, 0.15) is 11.4 Å². The number of carbonyl (C=O) groups is 1. The Morgan fingerprint density at radius 3 is 2.57 bits per heavy atom. The number of halogens is 1. The molecule has 1 atom stereocenters. The van der Waals surface area contributed by atoms with E-state index in [0.717, 1.165) is 0 Å². The van der Waals surface area contributed by atoms with Crippen LogP contribution in [0, 0.1) is 0 Å². The summed E-state index contributed by atoms with van der Waals surface area (Å²) in [5.41, 5.74) is 1.17. The molecule has 0 aliphatic carbocycles. The molecule has 0 unspecified atom stereocenters.